The van der Waals surface area contributed by atoms with Crippen molar-refractivity contribution in [1.29, 1.82) is 0 Å². The molecular formula is C10H16N2O2S. The number of anilines is 1. The summed E-state index contributed by atoms with van der Waals surface area (Å²) in [4.78, 5) is 14.6. The summed E-state index contributed by atoms with van der Waals surface area (Å²) in [6, 6.07) is 0.241. The van der Waals surface area contributed by atoms with E-state index >= 15 is 0 Å². The number of aromatic nitrogens is 1. The van der Waals surface area contributed by atoms with E-state index in [4.69, 9.17) is 5.11 Å². The Balaban J connectivity index is 2.69. The molecule has 0 saturated carbocycles. The minimum atomic E-state index is -0.984. The molecule has 0 amide bonds. The van der Waals surface area contributed by atoms with Gasteiger partial charge in [0.25, 0.3) is 0 Å². The van der Waals surface area contributed by atoms with Crippen LogP contribution in [0.1, 0.15) is 38.2 Å². The maximum Gasteiger partial charge on any atom is 0.355 e. The summed E-state index contributed by atoms with van der Waals surface area (Å²) in [6.07, 6.45) is 0. The fourth-order valence-electron chi connectivity index (χ4n) is 0.840. The van der Waals surface area contributed by atoms with Crippen molar-refractivity contribution in [2.24, 2.45) is 5.41 Å². The van der Waals surface area contributed by atoms with Crippen molar-refractivity contribution in [1.82, 2.24) is 4.98 Å². The molecule has 1 aromatic rings. The van der Waals surface area contributed by atoms with E-state index in [-0.39, 0.29) is 17.2 Å². The molecule has 15 heavy (non-hydrogen) atoms. The summed E-state index contributed by atoms with van der Waals surface area (Å²) in [6.45, 7) is 8.42. The van der Waals surface area contributed by atoms with E-state index < -0.39 is 5.97 Å². The molecule has 0 fully saturated rings. The molecule has 1 unspecified atom stereocenters. The van der Waals surface area contributed by atoms with Gasteiger partial charge in [-0.05, 0) is 12.3 Å². The average molecular weight is 228 g/mol. The Hall–Kier alpha value is -1.10. The van der Waals surface area contributed by atoms with Gasteiger partial charge in [0, 0.05) is 11.4 Å². The zero-order valence-corrected chi connectivity index (χ0v) is 10.2. The first-order chi connectivity index (χ1) is 6.80. The molecule has 1 atom stereocenters. The number of rotatable bonds is 3. The maximum absolute atomic E-state index is 10.6. The maximum atomic E-state index is 10.6. The minimum Gasteiger partial charge on any atom is -0.476 e. The van der Waals surface area contributed by atoms with E-state index in [1.165, 1.54) is 11.3 Å². The first-order valence-corrected chi connectivity index (χ1v) is 5.64. The predicted octanol–water partition coefficient (Wildman–Crippen LogP) is 2.69. The Kier molecular flexibility index (Phi) is 3.34. The summed E-state index contributed by atoms with van der Waals surface area (Å²) < 4.78 is 0. The van der Waals surface area contributed by atoms with Crippen LogP contribution in [0, 0.1) is 5.41 Å². The third-order valence-electron chi connectivity index (χ3n) is 2.36. The van der Waals surface area contributed by atoms with Crippen molar-refractivity contribution < 1.29 is 9.90 Å². The van der Waals surface area contributed by atoms with Crippen LogP contribution in [0.2, 0.25) is 0 Å². The number of carboxylic acid groups (broad SMARTS) is 1. The van der Waals surface area contributed by atoms with Gasteiger partial charge in [-0.1, -0.05) is 20.8 Å². The molecule has 84 valence electrons. The highest BCUT2D eigenvalue weighted by Gasteiger charge is 2.21. The van der Waals surface area contributed by atoms with Crippen LogP contribution < -0.4 is 5.32 Å². The van der Waals surface area contributed by atoms with Gasteiger partial charge in [0.2, 0.25) is 0 Å². The summed E-state index contributed by atoms with van der Waals surface area (Å²) in [5.74, 6) is -0.984. The molecule has 1 rings (SSSR count). The van der Waals surface area contributed by atoms with E-state index in [0.717, 1.165) is 0 Å². The molecule has 0 aliphatic heterocycles. The second kappa shape index (κ2) is 4.18. The molecule has 0 aliphatic carbocycles. The van der Waals surface area contributed by atoms with Crippen LogP contribution in [0.15, 0.2) is 5.38 Å². The average Bonchev–Trinajstić information content (AvgIpc) is 2.50. The van der Waals surface area contributed by atoms with Crippen molar-refractivity contribution in [3.05, 3.63) is 11.1 Å². The highest BCUT2D eigenvalue weighted by Crippen LogP contribution is 2.24. The Labute approximate surface area is 93.4 Å². The van der Waals surface area contributed by atoms with Crippen LogP contribution in [-0.4, -0.2) is 22.1 Å². The molecule has 2 N–H and O–H groups in total. The van der Waals surface area contributed by atoms with E-state index in [0.29, 0.717) is 5.13 Å². The Bertz CT molecular complexity index is 355. The van der Waals surface area contributed by atoms with E-state index in [2.05, 4.69) is 38.0 Å². The summed E-state index contributed by atoms with van der Waals surface area (Å²) in [7, 11) is 0. The number of carboxylic acids is 1. The van der Waals surface area contributed by atoms with E-state index in [9.17, 15) is 4.79 Å². The van der Waals surface area contributed by atoms with Gasteiger partial charge in [-0.25, -0.2) is 9.78 Å². The topological polar surface area (TPSA) is 62.2 Å². The number of aromatic carboxylic acids is 1. The molecule has 0 saturated heterocycles. The molecular weight excluding hydrogens is 212 g/mol. The SMILES string of the molecule is CC(Nc1nc(C(=O)O)cs1)C(C)(C)C. The quantitative estimate of drug-likeness (QED) is 0.835. The number of nitrogens with zero attached hydrogens (tertiary/aromatic N) is 1. The van der Waals surface area contributed by atoms with Crippen molar-refractivity contribution in [2.75, 3.05) is 5.32 Å². The van der Waals surface area contributed by atoms with Crippen LogP contribution in [0.3, 0.4) is 0 Å². The van der Waals surface area contributed by atoms with Crippen LogP contribution in [0.25, 0.3) is 0 Å². The van der Waals surface area contributed by atoms with Crippen LogP contribution in [0.4, 0.5) is 5.13 Å². The fraction of sp³-hybridized carbons (Fsp3) is 0.600. The number of hydrogen-bond donors (Lipinski definition) is 2. The Morgan fingerprint density at radius 2 is 2.20 bits per heavy atom. The summed E-state index contributed by atoms with van der Waals surface area (Å²) >= 11 is 1.32. The molecule has 0 bridgehead atoms. The van der Waals surface area contributed by atoms with Crippen molar-refractivity contribution in [3.8, 4) is 0 Å². The van der Waals surface area contributed by atoms with Crippen molar-refractivity contribution >= 4 is 22.4 Å². The number of carbonyl (C=O) groups is 1. The molecule has 0 radical (unpaired) electrons. The van der Waals surface area contributed by atoms with E-state index in [1.54, 1.807) is 5.38 Å². The number of thiazole rings is 1. The lowest BCUT2D eigenvalue weighted by molar-refractivity contribution is 0.0691. The number of hydrogen-bond acceptors (Lipinski definition) is 4. The first kappa shape index (κ1) is 12.0. The van der Waals surface area contributed by atoms with Gasteiger partial charge in [-0.15, -0.1) is 11.3 Å². The zero-order chi connectivity index (χ0) is 11.6. The minimum absolute atomic E-state index is 0.101. The highest BCUT2D eigenvalue weighted by molar-refractivity contribution is 7.13. The van der Waals surface area contributed by atoms with Gasteiger partial charge in [0.05, 0.1) is 0 Å². The molecule has 0 aliphatic rings. The predicted molar refractivity (Wildman–Crippen MR) is 61.6 cm³/mol. The lowest BCUT2D eigenvalue weighted by Gasteiger charge is -2.27. The fourth-order valence-corrected chi connectivity index (χ4v) is 1.61. The van der Waals surface area contributed by atoms with Gasteiger partial charge < -0.3 is 10.4 Å². The van der Waals surface area contributed by atoms with Crippen molar-refractivity contribution in [3.63, 3.8) is 0 Å². The van der Waals surface area contributed by atoms with Gasteiger partial charge in [-0.2, -0.15) is 0 Å². The number of nitrogens with one attached hydrogen (secondary N) is 1. The third kappa shape index (κ3) is 3.20. The second-order valence-electron chi connectivity index (χ2n) is 4.58. The molecule has 0 aromatic carbocycles. The van der Waals surface area contributed by atoms with Gasteiger partial charge in [0.15, 0.2) is 10.8 Å². The Morgan fingerprint density at radius 3 is 2.60 bits per heavy atom. The lowest BCUT2D eigenvalue weighted by Crippen LogP contribution is -2.30. The second-order valence-corrected chi connectivity index (χ2v) is 5.43. The van der Waals surface area contributed by atoms with E-state index in [1.807, 2.05) is 0 Å². The molecule has 5 heteroatoms. The van der Waals surface area contributed by atoms with Crippen LogP contribution in [0.5, 0.6) is 0 Å². The normalized spacial score (nSPS) is 13.6. The molecule has 4 nitrogen and oxygen atoms in total. The molecule has 0 spiro atoms. The largest absolute Gasteiger partial charge is 0.476 e. The monoisotopic (exact) mass is 228 g/mol. The highest BCUT2D eigenvalue weighted by atomic mass is 32.1. The van der Waals surface area contributed by atoms with Gasteiger partial charge in [-0.3, -0.25) is 0 Å². The lowest BCUT2D eigenvalue weighted by atomic mass is 9.88. The first-order valence-electron chi connectivity index (χ1n) is 4.76. The Morgan fingerprint density at radius 1 is 1.60 bits per heavy atom. The smallest absolute Gasteiger partial charge is 0.355 e. The van der Waals surface area contributed by atoms with Crippen LogP contribution >= 0.6 is 11.3 Å². The summed E-state index contributed by atoms with van der Waals surface area (Å²) in [5.41, 5.74) is 0.221. The van der Waals surface area contributed by atoms with Gasteiger partial charge >= 0.3 is 5.97 Å². The van der Waals surface area contributed by atoms with Crippen molar-refractivity contribution in [2.45, 2.75) is 33.7 Å². The van der Waals surface area contributed by atoms with Gasteiger partial charge in [0.1, 0.15) is 0 Å². The summed E-state index contributed by atoms with van der Waals surface area (Å²) in [5, 5.41) is 14.1. The zero-order valence-electron chi connectivity index (χ0n) is 9.37. The van der Waals surface area contributed by atoms with Crippen LogP contribution in [-0.2, 0) is 0 Å². The third-order valence-corrected chi connectivity index (χ3v) is 3.14. The molecule has 1 aromatic heterocycles. The standard InChI is InChI=1S/C10H16N2O2S/c1-6(10(2,3)4)11-9-12-7(5-15-9)8(13)14/h5-6H,1-4H3,(H,11,12)(H,13,14). The molecule has 1 heterocycles.